The fraction of sp³-hybridized carbons (Fsp3) is 0.812. The SMILES string of the molecule is CCCN(CCC)C(=O)CCC(=O)NC1(CC(=O)O)CCC1. The van der Waals surface area contributed by atoms with Gasteiger partial charge < -0.3 is 15.3 Å². The Morgan fingerprint density at radius 1 is 1.09 bits per heavy atom. The number of hydrogen-bond donors (Lipinski definition) is 2. The van der Waals surface area contributed by atoms with Crippen molar-refractivity contribution in [3.05, 3.63) is 0 Å². The number of aliphatic carboxylic acids is 1. The van der Waals surface area contributed by atoms with Gasteiger partial charge in [-0.25, -0.2) is 0 Å². The molecule has 0 saturated heterocycles. The van der Waals surface area contributed by atoms with Crippen molar-refractivity contribution in [2.24, 2.45) is 0 Å². The Kier molecular flexibility index (Phi) is 7.35. The van der Waals surface area contributed by atoms with Gasteiger partial charge in [-0.15, -0.1) is 0 Å². The van der Waals surface area contributed by atoms with Crippen LogP contribution in [0.3, 0.4) is 0 Å². The van der Waals surface area contributed by atoms with E-state index in [1.165, 1.54) is 0 Å². The third-order valence-corrected chi connectivity index (χ3v) is 4.11. The van der Waals surface area contributed by atoms with E-state index >= 15 is 0 Å². The molecule has 0 bridgehead atoms. The van der Waals surface area contributed by atoms with Gasteiger partial charge in [0.25, 0.3) is 0 Å². The Hall–Kier alpha value is -1.59. The van der Waals surface area contributed by atoms with E-state index in [4.69, 9.17) is 5.11 Å². The van der Waals surface area contributed by atoms with Crippen molar-refractivity contribution in [3.63, 3.8) is 0 Å². The molecule has 1 aliphatic carbocycles. The van der Waals surface area contributed by atoms with Crippen molar-refractivity contribution in [3.8, 4) is 0 Å². The van der Waals surface area contributed by atoms with Gasteiger partial charge in [-0.1, -0.05) is 13.8 Å². The second-order valence-electron chi connectivity index (χ2n) is 6.13. The standard InChI is InChI=1S/C16H28N2O4/c1-3-10-18(11-4-2)14(20)7-6-13(19)17-16(8-5-9-16)12-15(21)22/h3-12H2,1-2H3,(H,17,19)(H,21,22). The van der Waals surface area contributed by atoms with E-state index in [1.807, 2.05) is 13.8 Å². The van der Waals surface area contributed by atoms with E-state index in [0.717, 1.165) is 32.4 Å². The van der Waals surface area contributed by atoms with Crippen molar-refractivity contribution >= 4 is 17.8 Å². The number of amides is 2. The molecule has 0 aromatic carbocycles. The quantitative estimate of drug-likeness (QED) is 0.645. The van der Waals surface area contributed by atoms with E-state index in [-0.39, 0.29) is 31.1 Å². The lowest BCUT2D eigenvalue weighted by atomic mass is 9.74. The van der Waals surface area contributed by atoms with Crippen LogP contribution in [0.1, 0.15) is 65.2 Å². The molecule has 0 atom stereocenters. The normalized spacial score (nSPS) is 15.7. The van der Waals surface area contributed by atoms with Gasteiger partial charge in [0, 0.05) is 25.9 Å². The monoisotopic (exact) mass is 312 g/mol. The predicted octanol–water partition coefficient (Wildman–Crippen LogP) is 1.93. The molecular formula is C16H28N2O4. The highest BCUT2D eigenvalue weighted by atomic mass is 16.4. The number of carboxylic acid groups (broad SMARTS) is 1. The molecule has 2 N–H and O–H groups in total. The molecule has 1 fully saturated rings. The summed E-state index contributed by atoms with van der Waals surface area (Å²) in [4.78, 5) is 36.8. The van der Waals surface area contributed by atoms with E-state index in [1.54, 1.807) is 4.90 Å². The van der Waals surface area contributed by atoms with Gasteiger partial charge in [0.15, 0.2) is 0 Å². The van der Waals surface area contributed by atoms with Crippen molar-refractivity contribution in [1.82, 2.24) is 10.2 Å². The van der Waals surface area contributed by atoms with Gasteiger partial charge in [-0.3, -0.25) is 14.4 Å². The van der Waals surface area contributed by atoms with Crippen LogP contribution in [0.5, 0.6) is 0 Å². The van der Waals surface area contributed by atoms with Gasteiger partial charge in [0.05, 0.1) is 12.0 Å². The molecule has 1 saturated carbocycles. The zero-order chi connectivity index (χ0) is 16.6. The first kappa shape index (κ1) is 18.5. The van der Waals surface area contributed by atoms with E-state index in [0.29, 0.717) is 12.8 Å². The Morgan fingerprint density at radius 2 is 1.68 bits per heavy atom. The molecule has 0 spiro atoms. The molecule has 6 nitrogen and oxygen atoms in total. The lowest BCUT2D eigenvalue weighted by Gasteiger charge is -2.41. The number of nitrogens with one attached hydrogen (secondary N) is 1. The Morgan fingerprint density at radius 3 is 2.09 bits per heavy atom. The highest BCUT2D eigenvalue weighted by Crippen LogP contribution is 2.35. The topological polar surface area (TPSA) is 86.7 Å². The summed E-state index contributed by atoms with van der Waals surface area (Å²) in [6.07, 6.45) is 4.43. The first-order valence-corrected chi connectivity index (χ1v) is 8.23. The Balaban J connectivity index is 2.41. The minimum Gasteiger partial charge on any atom is -0.481 e. The minimum absolute atomic E-state index is 0.000237. The number of rotatable bonds is 10. The van der Waals surface area contributed by atoms with Gasteiger partial charge in [-0.2, -0.15) is 0 Å². The summed E-state index contributed by atoms with van der Waals surface area (Å²) in [7, 11) is 0. The van der Waals surface area contributed by atoms with Crippen LogP contribution >= 0.6 is 0 Å². The molecule has 22 heavy (non-hydrogen) atoms. The number of carbonyl (C=O) groups excluding carboxylic acids is 2. The Bertz CT molecular complexity index is 399. The molecule has 6 heteroatoms. The fourth-order valence-electron chi connectivity index (χ4n) is 2.88. The summed E-state index contributed by atoms with van der Waals surface area (Å²) in [6.45, 7) is 5.48. The molecule has 0 aromatic heterocycles. The van der Waals surface area contributed by atoms with Crippen LogP contribution in [0.15, 0.2) is 0 Å². The summed E-state index contributed by atoms with van der Waals surface area (Å²) in [5.74, 6) is -1.12. The maximum atomic E-state index is 12.1. The van der Waals surface area contributed by atoms with Crippen LogP contribution in [0.2, 0.25) is 0 Å². The third kappa shape index (κ3) is 5.66. The highest BCUT2D eigenvalue weighted by Gasteiger charge is 2.40. The zero-order valence-corrected chi connectivity index (χ0v) is 13.7. The van der Waals surface area contributed by atoms with Crippen LogP contribution < -0.4 is 5.32 Å². The molecule has 0 unspecified atom stereocenters. The number of hydrogen-bond acceptors (Lipinski definition) is 3. The maximum absolute atomic E-state index is 12.1. The molecular weight excluding hydrogens is 284 g/mol. The number of carbonyl (C=O) groups is 3. The molecule has 0 radical (unpaired) electrons. The largest absolute Gasteiger partial charge is 0.481 e. The van der Waals surface area contributed by atoms with Gasteiger partial charge in [0.1, 0.15) is 0 Å². The second kappa shape index (κ2) is 8.76. The summed E-state index contributed by atoms with van der Waals surface area (Å²) in [6, 6.07) is 0. The van der Waals surface area contributed by atoms with Crippen molar-refractivity contribution in [2.45, 2.75) is 70.8 Å². The van der Waals surface area contributed by atoms with E-state index in [9.17, 15) is 14.4 Å². The second-order valence-corrected chi connectivity index (χ2v) is 6.13. The lowest BCUT2D eigenvalue weighted by Crippen LogP contribution is -2.54. The molecule has 126 valence electrons. The smallest absolute Gasteiger partial charge is 0.305 e. The van der Waals surface area contributed by atoms with Gasteiger partial charge in [0.2, 0.25) is 11.8 Å². The van der Waals surface area contributed by atoms with E-state index in [2.05, 4.69) is 5.32 Å². The van der Waals surface area contributed by atoms with Gasteiger partial charge in [-0.05, 0) is 32.1 Å². The summed E-state index contributed by atoms with van der Waals surface area (Å²) in [5.41, 5.74) is -0.585. The van der Waals surface area contributed by atoms with Crippen LogP contribution in [0.4, 0.5) is 0 Å². The molecule has 0 aromatic rings. The highest BCUT2D eigenvalue weighted by molar-refractivity contribution is 5.84. The maximum Gasteiger partial charge on any atom is 0.305 e. The molecule has 1 aliphatic rings. The first-order valence-electron chi connectivity index (χ1n) is 8.23. The van der Waals surface area contributed by atoms with Crippen LogP contribution in [-0.2, 0) is 14.4 Å². The molecule has 2 amide bonds. The zero-order valence-electron chi connectivity index (χ0n) is 13.7. The van der Waals surface area contributed by atoms with Crippen LogP contribution in [-0.4, -0.2) is 46.4 Å². The summed E-state index contributed by atoms with van der Waals surface area (Å²) < 4.78 is 0. The van der Waals surface area contributed by atoms with Crippen molar-refractivity contribution in [1.29, 1.82) is 0 Å². The fourth-order valence-corrected chi connectivity index (χ4v) is 2.88. The van der Waals surface area contributed by atoms with Crippen LogP contribution in [0, 0.1) is 0 Å². The predicted molar refractivity (Wildman–Crippen MR) is 83.4 cm³/mol. The Labute approximate surface area is 132 Å². The molecule has 1 rings (SSSR count). The summed E-state index contributed by atoms with van der Waals surface area (Å²) >= 11 is 0. The average molecular weight is 312 g/mol. The third-order valence-electron chi connectivity index (χ3n) is 4.11. The minimum atomic E-state index is -0.895. The molecule has 0 heterocycles. The van der Waals surface area contributed by atoms with Crippen molar-refractivity contribution < 1.29 is 19.5 Å². The number of nitrogens with zero attached hydrogens (tertiary/aromatic N) is 1. The van der Waals surface area contributed by atoms with E-state index < -0.39 is 11.5 Å². The lowest BCUT2D eigenvalue weighted by molar-refractivity contribution is -0.141. The number of carboxylic acids is 1. The molecule has 0 aliphatic heterocycles. The van der Waals surface area contributed by atoms with Crippen LogP contribution in [0.25, 0.3) is 0 Å². The van der Waals surface area contributed by atoms with Crippen molar-refractivity contribution in [2.75, 3.05) is 13.1 Å². The average Bonchev–Trinajstić information content (AvgIpc) is 2.41. The summed E-state index contributed by atoms with van der Waals surface area (Å²) in [5, 5.41) is 11.8. The van der Waals surface area contributed by atoms with Gasteiger partial charge >= 0.3 is 5.97 Å². The first-order chi connectivity index (χ1) is 10.4.